The Balaban J connectivity index is 1.80. The highest BCUT2D eigenvalue weighted by Crippen LogP contribution is 2.19. The van der Waals surface area contributed by atoms with E-state index >= 15 is 0 Å². The molecular weight excluding hydrogens is 222 g/mol. The van der Waals surface area contributed by atoms with Crippen LogP contribution >= 0.6 is 0 Å². The number of hydrogen-bond acceptors (Lipinski definition) is 2. The van der Waals surface area contributed by atoms with Crippen LogP contribution in [-0.4, -0.2) is 15.8 Å². The standard InChI is InChI=1S/C15H19N3/c1-11-3-4-12(2)15(9-11)18-8-7-14(17-18)10-16-13-5-6-13/h3-4,7-9,13,16H,5-6,10H2,1-2H3. The van der Waals surface area contributed by atoms with E-state index in [1.165, 1.54) is 29.7 Å². The van der Waals surface area contributed by atoms with Crippen LogP contribution in [0.4, 0.5) is 0 Å². The zero-order valence-electron chi connectivity index (χ0n) is 11.0. The molecule has 1 fully saturated rings. The molecule has 3 nitrogen and oxygen atoms in total. The number of aromatic nitrogens is 2. The molecule has 1 aliphatic rings. The molecule has 0 aliphatic heterocycles. The van der Waals surface area contributed by atoms with Gasteiger partial charge in [0.25, 0.3) is 0 Å². The summed E-state index contributed by atoms with van der Waals surface area (Å²) in [5, 5.41) is 8.12. The highest BCUT2D eigenvalue weighted by Gasteiger charge is 2.20. The molecule has 1 saturated carbocycles. The van der Waals surface area contributed by atoms with E-state index in [1.807, 2.05) is 10.9 Å². The summed E-state index contributed by atoms with van der Waals surface area (Å²) in [4.78, 5) is 0. The summed E-state index contributed by atoms with van der Waals surface area (Å²) in [5.41, 5.74) is 4.81. The van der Waals surface area contributed by atoms with Crippen LogP contribution in [0.25, 0.3) is 5.69 Å². The lowest BCUT2D eigenvalue weighted by molar-refractivity contribution is 0.664. The Hall–Kier alpha value is -1.61. The zero-order valence-corrected chi connectivity index (χ0v) is 11.0. The summed E-state index contributed by atoms with van der Waals surface area (Å²) in [6.07, 6.45) is 4.68. The maximum atomic E-state index is 4.64. The van der Waals surface area contributed by atoms with E-state index in [-0.39, 0.29) is 0 Å². The van der Waals surface area contributed by atoms with Crippen LogP contribution in [0.3, 0.4) is 0 Å². The van der Waals surface area contributed by atoms with Crippen molar-refractivity contribution in [1.29, 1.82) is 0 Å². The Morgan fingerprint density at radius 2 is 2.11 bits per heavy atom. The number of benzene rings is 1. The molecule has 1 aromatic carbocycles. The second-order valence-electron chi connectivity index (χ2n) is 5.20. The molecule has 0 bridgehead atoms. The average molecular weight is 241 g/mol. The molecule has 18 heavy (non-hydrogen) atoms. The van der Waals surface area contributed by atoms with Crippen molar-refractivity contribution in [2.45, 2.75) is 39.3 Å². The zero-order chi connectivity index (χ0) is 12.5. The molecule has 1 heterocycles. The fourth-order valence-corrected chi connectivity index (χ4v) is 2.09. The van der Waals surface area contributed by atoms with Gasteiger partial charge in [0.1, 0.15) is 0 Å². The Labute approximate surface area is 108 Å². The lowest BCUT2D eigenvalue weighted by Gasteiger charge is -2.07. The van der Waals surface area contributed by atoms with Gasteiger partial charge >= 0.3 is 0 Å². The van der Waals surface area contributed by atoms with Crippen LogP contribution in [0.1, 0.15) is 29.7 Å². The van der Waals surface area contributed by atoms with Crippen LogP contribution < -0.4 is 5.32 Å². The number of nitrogens with one attached hydrogen (secondary N) is 1. The summed E-state index contributed by atoms with van der Waals surface area (Å²) >= 11 is 0. The molecule has 0 spiro atoms. The first-order valence-electron chi connectivity index (χ1n) is 6.58. The third-order valence-electron chi connectivity index (χ3n) is 3.40. The summed E-state index contributed by atoms with van der Waals surface area (Å²) in [5.74, 6) is 0. The SMILES string of the molecule is Cc1ccc(C)c(-n2ccc(CNC3CC3)n2)c1. The van der Waals surface area contributed by atoms with E-state index in [4.69, 9.17) is 0 Å². The first-order chi connectivity index (χ1) is 8.72. The van der Waals surface area contributed by atoms with Crippen LogP contribution in [0.5, 0.6) is 0 Å². The maximum absolute atomic E-state index is 4.64. The highest BCUT2D eigenvalue weighted by atomic mass is 15.3. The minimum atomic E-state index is 0.732. The van der Waals surface area contributed by atoms with Crippen molar-refractivity contribution in [2.75, 3.05) is 0 Å². The maximum Gasteiger partial charge on any atom is 0.0766 e. The summed E-state index contributed by atoms with van der Waals surface area (Å²) in [7, 11) is 0. The van der Waals surface area contributed by atoms with Gasteiger partial charge < -0.3 is 5.32 Å². The molecule has 0 atom stereocenters. The summed E-state index contributed by atoms with van der Waals surface area (Å²) in [6.45, 7) is 5.11. The molecule has 1 aliphatic carbocycles. The largest absolute Gasteiger partial charge is 0.308 e. The van der Waals surface area contributed by atoms with E-state index < -0.39 is 0 Å². The summed E-state index contributed by atoms with van der Waals surface area (Å²) < 4.78 is 1.98. The Bertz CT molecular complexity index is 553. The molecule has 1 N–H and O–H groups in total. The van der Waals surface area contributed by atoms with Gasteiger partial charge in [-0.05, 0) is 49.9 Å². The Kier molecular flexibility index (Phi) is 2.92. The van der Waals surface area contributed by atoms with Gasteiger partial charge in [-0.15, -0.1) is 0 Å². The lowest BCUT2D eigenvalue weighted by atomic mass is 10.1. The monoisotopic (exact) mass is 241 g/mol. The third kappa shape index (κ3) is 2.46. The minimum absolute atomic E-state index is 0.732. The van der Waals surface area contributed by atoms with Crippen molar-refractivity contribution in [1.82, 2.24) is 15.1 Å². The first kappa shape index (κ1) is 11.5. The molecule has 0 amide bonds. The predicted molar refractivity (Wildman–Crippen MR) is 72.9 cm³/mol. The van der Waals surface area contributed by atoms with Crippen LogP contribution in [-0.2, 0) is 6.54 Å². The van der Waals surface area contributed by atoms with Crippen molar-refractivity contribution in [2.24, 2.45) is 0 Å². The van der Waals surface area contributed by atoms with Crippen molar-refractivity contribution in [3.05, 3.63) is 47.3 Å². The molecule has 0 unspecified atom stereocenters. The Morgan fingerprint density at radius 1 is 1.28 bits per heavy atom. The van der Waals surface area contributed by atoms with Gasteiger partial charge in [-0.3, -0.25) is 0 Å². The van der Waals surface area contributed by atoms with Gasteiger partial charge in [0.2, 0.25) is 0 Å². The Morgan fingerprint density at radius 3 is 2.89 bits per heavy atom. The molecule has 2 aromatic rings. The van der Waals surface area contributed by atoms with Gasteiger partial charge in [-0.25, -0.2) is 4.68 Å². The topological polar surface area (TPSA) is 29.9 Å². The first-order valence-corrected chi connectivity index (χ1v) is 6.58. The van der Waals surface area contributed by atoms with Gasteiger partial charge in [-0.2, -0.15) is 5.10 Å². The minimum Gasteiger partial charge on any atom is -0.308 e. The van der Waals surface area contributed by atoms with Gasteiger partial charge in [0.15, 0.2) is 0 Å². The third-order valence-corrected chi connectivity index (χ3v) is 3.40. The molecule has 1 aromatic heterocycles. The number of aryl methyl sites for hydroxylation is 2. The smallest absolute Gasteiger partial charge is 0.0766 e. The van der Waals surface area contributed by atoms with E-state index in [0.717, 1.165) is 18.3 Å². The number of hydrogen-bond donors (Lipinski definition) is 1. The summed E-state index contributed by atoms with van der Waals surface area (Å²) in [6, 6.07) is 9.29. The quantitative estimate of drug-likeness (QED) is 0.892. The van der Waals surface area contributed by atoms with Gasteiger partial charge in [0.05, 0.1) is 11.4 Å². The van der Waals surface area contributed by atoms with Crippen LogP contribution in [0.15, 0.2) is 30.5 Å². The van der Waals surface area contributed by atoms with Gasteiger partial charge in [-0.1, -0.05) is 12.1 Å². The molecule has 0 radical (unpaired) electrons. The van der Waals surface area contributed by atoms with Crippen molar-refractivity contribution in [3.63, 3.8) is 0 Å². The fourth-order valence-electron chi connectivity index (χ4n) is 2.09. The molecule has 3 heteroatoms. The normalized spacial score (nSPS) is 15.0. The fraction of sp³-hybridized carbons (Fsp3) is 0.400. The van der Waals surface area contributed by atoms with Crippen molar-refractivity contribution in [3.8, 4) is 5.69 Å². The van der Waals surface area contributed by atoms with E-state index in [0.29, 0.717) is 0 Å². The molecular formula is C15H19N3. The van der Waals surface area contributed by atoms with Crippen molar-refractivity contribution < 1.29 is 0 Å². The molecule has 3 rings (SSSR count). The highest BCUT2D eigenvalue weighted by molar-refractivity contribution is 5.42. The van der Waals surface area contributed by atoms with Gasteiger partial charge in [0, 0.05) is 18.8 Å². The lowest BCUT2D eigenvalue weighted by Crippen LogP contribution is -2.15. The van der Waals surface area contributed by atoms with Crippen molar-refractivity contribution >= 4 is 0 Å². The second kappa shape index (κ2) is 4.58. The second-order valence-corrected chi connectivity index (χ2v) is 5.20. The molecule has 94 valence electrons. The number of rotatable bonds is 4. The number of nitrogens with zero attached hydrogens (tertiary/aromatic N) is 2. The predicted octanol–water partition coefficient (Wildman–Crippen LogP) is 2.74. The molecule has 0 saturated heterocycles. The van der Waals surface area contributed by atoms with E-state index in [9.17, 15) is 0 Å². The van der Waals surface area contributed by atoms with E-state index in [1.54, 1.807) is 0 Å². The average Bonchev–Trinajstić information content (AvgIpc) is 3.08. The van der Waals surface area contributed by atoms with E-state index in [2.05, 4.69) is 48.5 Å². The van der Waals surface area contributed by atoms with Crippen LogP contribution in [0.2, 0.25) is 0 Å². The van der Waals surface area contributed by atoms with Crippen LogP contribution in [0, 0.1) is 13.8 Å².